The van der Waals surface area contributed by atoms with Gasteiger partial charge in [-0.1, -0.05) is 60.7 Å². The highest BCUT2D eigenvalue weighted by Gasteiger charge is 2.21. The molecule has 1 unspecified atom stereocenters. The SMILES string of the molecule is CC[n+]1ccc(C(CCCP(c2ccccc2)c2ccccc2)S(=O)(=O)[O-])cc1. The van der Waals surface area contributed by atoms with Crippen LogP contribution in [0.25, 0.3) is 0 Å². The maximum Gasteiger partial charge on any atom is 0.169 e. The molecule has 0 radical (unpaired) electrons. The standard InChI is InChI=1S/C23H26NO3PS/c1-2-24-17-15-20(16-18-24)23(29(25,26)27)14-9-19-28(21-10-5-3-6-11-21)22-12-7-4-8-13-22/h3-8,10-13,15-18,23H,2,9,14,19H2,1H3. The molecule has 0 saturated heterocycles. The average molecular weight is 428 g/mol. The molecule has 1 aromatic heterocycles. The fourth-order valence-corrected chi connectivity index (χ4v) is 6.75. The second kappa shape index (κ2) is 10.1. The van der Waals surface area contributed by atoms with E-state index in [2.05, 4.69) is 24.3 Å². The number of pyridine rings is 1. The summed E-state index contributed by atoms with van der Waals surface area (Å²) < 4.78 is 37.8. The predicted octanol–water partition coefficient (Wildman–Crippen LogP) is 3.49. The van der Waals surface area contributed by atoms with Crippen molar-refractivity contribution in [3.63, 3.8) is 0 Å². The molecule has 1 heterocycles. The van der Waals surface area contributed by atoms with E-state index in [9.17, 15) is 13.0 Å². The first-order chi connectivity index (χ1) is 14.0. The molecule has 3 aromatic rings. The fourth-order valence-electron chi connectivity index (χ4n) is 3.43. The molecule has 0 aliphatic heterocycles. The molecule has 0 spiro atoms. The summed E-state index contributed by atoms with van der Waals surface area (Å²) in [7, 11) is -5.01. The second-order valence-electron chi connectivity index (χ2n) is 6.91. The van der Waals surface area contributed by atoms with Gasteiger partial charge in [-0.25, -0.2) is 13.0 Å². The minimum Gasteiger partial charge on any atom is -0.747 e. The van der Waals surface area contributed by atoms with Crippen molar-refractivity contribution in [2.45, 2.75) is 31.6 Å². The smallest absolute Gasteiger partial charge is 0.169 e. The molecule has 2 aromatic carbocycles. The highest BCUT2D eigenvalue weighted by atomic mass is 32.2. The van der Waals surface area contributed by atoms with Gasteiger partial charge in [0.1, 0.15) is 16.7 Å². The molecule has 0 fully saturated rings. The monoisotopic (exact) mass is 427 g/mol. The summed E-state index contributed by atoms with van der Waals surface area (Å²) in [5.74, 6) is 0. The van der Waals surface area contributed by atoms with Crippen LogP contribution in [0, 0.1) is 0 Å². The van der Waals surface area contributed by atoms with Crippen LogP contribution >= 0.6 is 7.92 Å². The van der Waals surface area contributed by atoms with Gasteiger partial charge in [0.05, 0.1) is 5.25 Å². The van der Waals surface area contributed by atoms with Crippen LogP contribution in [0.15, 0.2) is 85.2 Å². The van der Waals surface area contributed by atoms with E-state index in [1.165, 1.54) is 10.6 Å². The molecular weight excluding hydrogens is 401 g/mol. The van der Waals surface area contributed by atoms with Crippen LogP contribution in [-0.4, -0.2) is 19.1 Å². The lowest BCUT2D eigenvalue weighted by Crippen LogP contribution is -2.31. The molecule has 1 atom stereocenters. The summed E-state index contributed by atoms with van der Waals surface area (Å²) in [5.41, 5.74) is 0.577. The van der Waals surface area contributed by atoms with Crippen molar-refractivity contribution < 1.29 is 17.5 Å². The molecule has 4 nitrogen and oxygen atoms in total. The molecule has 0 saturated carbocycles. The topological polar surface area (TPSA) is 61.1 Å². The zero-order valence-electron chi connectivity index (χ0n) is 16.5. The Morgan fingerprint density at radius 1 is 0.897 bits per heavy atom. The number of hydrogen-bond acceptors (Lipinski definition) is 3. The first-order valence-corrected chi connectivity index (χ1v) is 12.8. The Bertz CT molecular complexity index is 954. The number of rotatable bonds is 9. The second-order valence-corrected chi connectivity index (χ2v) is 10.8. The molecule has 29 heavy (non-hydrogen) atoms. The third-order valence-corrected chi connectivity index (χ3v) is 8.80. The van der Waals surface area contributed by atoms with Crippen LogP contribution in [0.4, 0.5) is 0 Å². The minimum absolute atomic E-state index is 0.334. The Balaban J connectivity index is 1.77. The van der Waals surface area contributed by atoms with Gasteiger partial charge >= 0.3 is 0 Å². The van der Waals surface area contributed by atoms with Crippen molar-refractivity contribution in [3.05, 3.63) is 90.8 Å². The summed E-state index contributed by atoms with van der Waals surface area (Å²) in [5, 5.41) is 1.52. The van der Waals surface area contributed by atoms with Crippen molar-refractivity contribution >= 4 is 28.6 Å². The zero-order chi connectivity index (χ0) is 20.7. The molecule has 6 heteroatoms. The molecular formula is C23H26NO3PS. The highest BCUT2D eigenvalue weighted by Crippen LogP contribution is 2.36. The average Bonchev–Trinajstić information content (AvgIpc) is 2.74. The molecule has 0 N–H and O–H groups in total. The Morgan fingerprint density at radius 2 is 1.41 bits per heavy atom. The van der Waals surface area contributed by atoms with Gasteiger partial charge in [-0.15, -0.1) is 0 Å². The van der Waals surface area contributed by atoms with Gasteiger partial charge in [-0.05, 0) is 50.0 Å². The lowest BCUT2D eigenvalue weighted by Gasteiger charge is -2.23. The van der Waals surface area contributed by atoms with Crippen molar-refractivity contribution in [2.24, 2.45) is 0 Å². The summed E-state index contributed by atoms with van der Waals surface area (Å²) in [4.78, 5) is 0. The van der Waals surface area contributed by atoms with E-state index in [1.54, 1.807) is 12.1 Å². The Labute approximate surface area is 174 Å². The van der Waals surface area contributed by atoms with Gasteiger partial charge in [0.25, 0.3) is 0 Å². The van der Waals surface area contributed by atoms with Crippen LogP contribution in [0.2, 0.25) is 0 Å². The highest BCUT2D eigenvalue weighted by molar-refractivity contribution is 7.86. The Kier molecular flexibility index (Phi) is 7.54. The van der Waals surface area contributed by atoms with Crippen LogP contribution in [0.5, 0.6) is 0 Å². The molecule has 152 valence electrons. The third-order valence-electron chi connectivity index (χ3n) is 4.99. The quantitative estimate of drug-likeness (QED) is 0.298. The lowest BCUT2D eigenvalue weighted by molar-refractivity contribution is -0.693. The van der Waals surface area contributed by atoms with Crippen LogP contribution in [0.3, 0.4) is 0 Å². The summed E-state index contributed by atoms with van der Waals surface area (Å²) in [6.07, 6.45) is 5.50. The van der Waals surface area contributed by atoms with Crippen LogP contribution in [0.1, 0.15) is 30.6 Å². The molecule has 0 bridgehead atoms. The van der Waals surface area contributed by atoms with Crippen molar-refractivity contribution in [2.75, 3.05) is 6.16 Å². The van der Waals surface area contributed by atoms with Gasteiger partial charge in [0, 0.05) is 12.1 Å². The van der Waals surface area contributed by atoms with E-state index in [4.69, 9.17) is 0 Å². The largest absolute Gasteiger partial charge is 0.747 e. The third kappa shape index (κ3) is 5.96. The molecule has 0 amide bonds. The number of benzene rings is 2. The van der Waals surface area contributed by atoms with Gasteiger partial charge in [-0.3, -0.25) is 0 Å². The van der Waals surface area contributed by atoms with E-state index >= 15 is 0 Å². The lowest BCUT2D eigenvalue weighted by atomic mass is 10.1. The molecule has 3 rings (SSSR count). The van der Waals surface area contributed by atoms with E-state index < -0.39 is 23.3 Å². The summed E-state index contributed by atoms with van der Waals surface area (Å²) in [6, 6.07) is 24.1. The Hall–Kier alpha value is -2.07. The van der Waals surface area contributed by atoms with Crippen LogP contribution in [-0.2, 0) is 16.7 Å². The van der Waals surface area contributed by atoms with Crippen LogP contribution < -0.4 is 15.2 Å². The number of hydrogen-bond donors (Lipinski definition) is 0. The first-order valence-electron chi connectivity index (χ1n) is 9.80. The zero-order valence-corrected chi connectivity index (χ0v) is 18.2. The first kappa shape index (κ1) is 21.6. The van der Waals surface area contributed by atoms with E-state index in [-0.39, 0.29) is 0 Å². The Morgan fingerprint density at radius 3 is 1.86 bits per heavy atom. The van der Waals surface area contributed by atoms with E-state index in [0.717, 1.165) is 12.7 Å². The van der Waals surface area contributed by atoms with Crippen molar-refractivity contribution in [1.29, 1.82) is 0 Å². The van der Waals surface area contributed by atoms with Crippen molar-refractivity contribution in [3.8, 4) is 0 Å². The van der Waals surface area contributed by atoms with Gasteiger partial charge < -0.3 is 4.55 Å². The summed E-state index contributed by atoms with van der Waals surface area (Å²) in [6.45, 7) is 2.81. The van der Waals surface area contributed by atoms with Gasteiger partial charge in [0.2, 0.25) is 0 Å². The number of aromatic nitrogens is 1. The summed E-state index contributed by atoms with van der Waals surface area (Å²) >= 11 is 0. The normalized spacial score (nSPS) is 12.8. The number of nitrogens with zero attached hydrogens (tertiary/aromatic N) is 1. The van der Waals surface area contributed by atoms with Crippen molar-refractivity contribution in [1.82, 2.24) is 0 Å². The van der Waals surface area contributed by atoms with Gasteiger partial charge in [0.15, 0.2) is 12.4 Å². The van der Waals surface area contributed by atoms with E-state index in [0.29, 0.717) is 18.4 Å². The van der Waals surface area contributed by atoms with E-state index in [1.807, 2.05) is 60.3 Å². The maximum atomic E-state index is 11.9. The minimum atomic E-state index is -4.42. The maximum absolute atomic E-state index is 11.9. The molecule has 0 aliphatic carbocycles. The predicted molar refractivity (Wildman–Crippen MR) is 118 cm³/mol. The van der Waals surface area contributed by atoms with Gasteiger partial charge in [-0.2, -0.15) is 0 Å². The fraction of sp³-hybridized carbons (Fsp3) is 0.261. The number of aryl methyl sites for hydroxylation is 1. The molecule has 0 aliphatic rings.